The predicted molar refractivity (Wildman–Crippen MR) is 69.7 cm³/mol. The number of nitriles is 1. The molecule has 1 heterocycles. The van der Waals surface area contributed by atoms with Crippen molar-refractivity contribution < 1.29 is 0 Å². The van der Waals surface area contributed by atoms with Gasteiger partial charge in [-0.25, -0.2) is 0 Å². The Labute approximate surface area is 105 Å². The average Bonchev–Trinajstić information content (AvgIpc) is 2.73. The standard InChI is InChI=1S/C14H25N3/c1-14(2)8-10-16-12(7-9-15)11-17(14)13-5-3-4-6-13/h12-13,16H,3-8,10-11H2,1-2H3. The second-order valence-electron chi connectivity index (χ2n) is 6.17. The van der Waals surface area contributed by atoms with E-state index < -0.39 is 0 Å². The van der Waals surface area contributed by atoms with Gasteiger partial charge in [-0.15, -0.1) is 0 Å². The molecule has 0 bridgehead atoms. The molecule has 0 aromatic heterocycles. The molecule has 1 saturated heterocycles. The lowest BCUT2D eigenvalue weighted by molar-refractivity contribution is 0.0706. The maximum Gasteiger partial charge on any atom is 0.0638 e. The van der Waals surface area contributed by atoms with Crippen molar-refractivity contribution in [2.75, 3.05) is 13.1 Å². The van der Waals surface area contributed by atoms with Gasteiger partial charge in [-0.1, -0.05) is 12.8 Å². The molecule has 1 aliphatic heterocycles. The zero-order valence-electron chi connectivity index (χ0n) is 11.2. The summed E-state index contributed by atoms with van der Waals surface area (Å²) in [7, 11) is 0. The van der Waals surface area contributed by atoms with Gasteiger partial charge in [0.05, 0.1) is 12.5 Å². The molecule has 17 heavy (non-hydrogen) atoms. The Balaban J connectivity index is 2.08. The van der Waals surface area contributed by atoms with Crippen molar-refractivity contribution in [1.29, 1.82) is 5.26 Å². The molecule has 0 amide bonds. The van der Waals surface area contributed by atoms with Crippen LogP contribution in [0, 0.1) is 11.3 Å². The van der Waals surface area contributed by atoms with Crippen LogP contribution < -0.4 is 5.32 Å². The summed E-state index contributed by atoms with van der Waals surface area (Å²) in [6.45, 7) is 6.82. The Bertz CT molecular complexity index is 286. The fourth-order valence-electron chi connectivity index (χ4n) is 3.38. The van der Waals surface area contributed by atoms with Crippen LogP contribution in [-0.4, -0.2) is 35.6 Å². The normalized spacial score (nSPS) is 31.0. The van der Waals surface area contributed by atoms with Crippen LogP contribution in [-0.2, 0) is 0 Å². The first-order chi connectivity index (χ1) is 8.13. The van der Waals surface area contributed by atoms with Crippen molar-refractivity contribution in [1.82, 2.24) is 10.2 Å². The second kappa shape index (κ2) is 5.37. The first kappa shape index (κ1) is 12.9. The number of rotatable bonds is 2. The molecular weight excluding hydrogens is 210 g/mol. The molecule has 0 spiro atoms. The van der Waals surface area contributed by atoms with E-state index in [2.05, 4.69) is 30.1 Å². The first-order valence-electron chi connectivity index (χ1n) is 7.00. The van der Waals surface area contributed by atoms with Crippen LogP contribution >= 0.6 is 0 Å². The Hall–Kier alpha value is -0.590. The highest BCUT2D eigenvalue weighted by atomic mass is 15.3. The molecule has 0 aromatic rings. The molecule has 2 rings (SSSR count). The Morgan fingerprint density at radius 1 is 1.35 bits per heavy atom. The van der Waals surface area contributed by atoms with Crippen molar-refractivity contribution in [3.8, 4) is 6.07 Å². The second-order valence-corrected chi connectivity index (χ2v) is 6.17. The Morgan fingerprint density at radius 2 is 2.06 bits per heavy atom. The lowest BCUT2D eigenvalue weighted by Gasteiger charge is -2.42. The minimum absolute atomic E-state index is 0.284. The average molecular weight is 235 g/mol. The van der Waals surface area contributed by atoms with Crippen LogP contribution in [0.25, 0.3) is 0 Å². The molecule has 1 unspecified atom stereocenters. The first-order valence-corrected chi connectivity index (χ1v) is 7.00. The smallest absolute Gasteiger partial charge is 0.0638 e. The Kier molecular flexibility index (Phi) is 4.06. The lowest BCUT2D eigenvalue weighted by atomic mass is 9.95. The van der Waals surface area contributed by atoms with E-state index in [4.69, 9.17) is 5.26 Å². The highest BCUT2D eigenvalue weighted by Gasteiger charge is 2.36. The summed E-state index contributed by atoms with van der Waals surface area (Å²) in [6, 6.07) is 3.43. The molecule has 0 radical (unpaired) electrons. The van der Waals surface area contributed by atoms with Gasteiger partial charge in [-0.2, -0.15) is 5.26 Å². The van der Waals surface area contributed by atoms with Crippen molar-refractivity contribution in [3.63, 3.8) is 0 Å². The minimum Gasteiger partial charge on any atom is -0.312 e. The van der Waals surface area contributed by atoms with Crippen molar-refractivity contribution >= 4 is 0 Å². The SMILES string of the molecule is CC1(C)CCNC(CC#N)CN1C1CCCC1. The van der Waals surface area contributed by atoms with Crippen LogP contribution in [0.5, 0.6) is 0 Å². The third kappa shape index (κ3) is 3.00. The van der Waals surface area contributed by atoms with E-state index in [1.54, 1.807) is 0 Å². The van der Waals surface area contributed by atoms with Crippen LogP contribution in [0.1, 0.15) is 52.4 Å². The van der Waals surface area contributed by atoms with Crippen molar-refractivity contribution in [2.45, 2.75) is 70.0 Å². The molecule has 1 N–H and O–H groups in total. The van der Waals surface area contributed by atoms with E-state index in [1.807, 2.05) is 0 Å². The van der Waals surface area contributed by atoms with E-state index in [0.29, 0.717) is 12.5 Å². The highest BCUT2D eigenvalue weighted by molar-refractivity contribution is 4.96. The zero-order chi connectivity index (χ0) is 12.3. The predicted octanol–water partition coefficient (Wildman–Crippen LogP) is 2.29. The maximum atomic E-state index is 8.88. The van der Waals surface area contributed by atoms with Gasteiger partial charge in [0.25, 0.3) is 0 Å². The fraction of sp³-hybridized carbons (Fsp3) is 0.929. The topological polar surface area (TPSA) is 39.1 Å². The number of nitrogens with one attached hydrogen (secondary N) is 1. The largest absolute Gasteiger partial charge is 0.312 e. The zero-order valence-corrected chi connectivity index (χ0v) is 11.2. The molecule has 3 heteroatoms. The third-order valence-corrected chi connectivity index (χ3v) is 4.47. The summed E-state index contributed by atoms with van der Waals surface area (Å²) in [4.78, 5) is 2.68. The highest BCUT2D eigenvalue weighted by Crippen LogP contribution is 2.32. The summed E-state index contributed by atoms with van der Waals surface area (Å²) in [6.07, 6.45) is 7.29. The van der Waals surface area contributed by atoms with E-state index in [9.17, 15) is 0 Å². The summed E-state index contributed by atoms with van der Waals surface area (Å²) in [5, 5.41) is 12.4. The van der Waals surface area contributed by atoms with Crippen molar-refractivity contribution in [3.05, 3.63) is 0 Å². The van der Waals surface area contributed by atoms with Gasteiger partial charge in [0, 0.05) is 24.2 Å². The van der Waals surface area contributed by atoms with Crippen molar-refractivity contribution in [2.24, 2.45) is 0 Å². The van der Waals surface area contributed by atoms with Gasteiger partial charge in [0.2, 0.25) is 0 Å². The summed E-state index contributed by atoms with van der Waals surface area (Å²) >= 11 is 0. The van der Waals surface area contributed by atoms with Crippen LogP contribution in [0.3, 0.4) is 0 Å². The maximum absolute atomic E-state index is 8.88. The number of hydrogen-bond donors (Lipinski definition) is 1. The van der Waals surface area contributed by atoms with E-state index in [-0.39, 0.29) is 5.54 Å². The van der Waals surface area contributed by atoms with E-state index in [1.165, 1.54) is 32.1 Å². The van der Waals surface area contributed by atoms with Gasteiger partial charge in [0.15, 0.2) is 0 Å². The molecule has 2 fully saturated rings. The van der Waals surface area contributed by atoms with Gasteiger partial charge in [0.1, 0.15) is 0 Å². The summed E-state index contributed by atoms with van der Waals surface area (Å²) in [5.41, 5.74) is 0.284. The molecule has 96 valence electrons. The van der Waals surface area contributed by atoms with Gasteiger partial charge in [-0.05, 0) is 39.7 Å². The van der Waals surface area contributed by atoms with Gasteiger partial charge >= 0.3 is 0 Å². The van der Waals surface area contributed by atoms with E-state index >= 15 is 0 Å². The van der Waals surface area contributed by atoms with Gasteiger partial charge in [-0.3, -0.25) is 4.90 Å². The number of nitrogens with zero attached hydrogens (tertiary/aromatic N) is 2. The van der Waals surface area contributed by atoms with Crippen LogP contribution in [0.15, 0.2) is 0 Å². The van der Waals surface area contributed by atoms with Crippen LogP contribution in [0.4, 0.5) is 0 Å². The van der Waals surface area contributed by atoms with Crippen LogP contribution in [0.2, 0.25) is 0 Å². The quantitative estimate of drug-likeness (QED) is 0.798. The third-order valence-electron chi connectivity index (χ3n) is 4.47. The monoisotopic (exact) mass is 235 g/mol. The fourth-order valence-corrected chi connectivity index (χ4v) is 3.38. The molecular formula is C14H25N3. The molecule has 1 atom stereocenters. The number of hydrogen-bond acceptors (Lipinski definition) is 3. The summed E-state index contributed by atoms with van der Waals surface area (Å²) in [5.74, 6) is 0. The molecule has 3 nitrogen and oxygen atoms in total. The van der Waals surface area contributed by atoms with Gasteiger partial charge < -0.3 is 5.32 Å². The molecule has 0 aromatic carbocycles. The lowest BCUT2D eigenvalue weighted by Crippen LogP contribution is -2.51. The minimum atomic E-state index is 0.284. The molecule has 1 aliphatic carbocycles. The van der Waals surface area contributed by atoms with E-state index in [0.717, 1.165) is 19.1 Å². The molecule has 2 aliphatic rings. The molecule has 1 saturated carbocycles. The summed E-state index contributed by atoms with van der Waals surface area (Å²) < 4.78 is 0. The Morgan fingerprint density at radius 3 is 2.71 bits per heavy atom.